The van der Waals surface area contributed by atoms with Gasteiger partial charge in [-0.1, -0.05) is 10.3 Å². The quantitative estimate of drug-likeness (QED) is 0.861. The summed E-state index contributed by atoms with van der Waals surface area (Å²) in [6, 6.07) is 0. The number of rotatable bonds is 3. The van der Waals surface area contributed by atoms with Crippen LogP contribution in [-0.4, -0.2) is 39.2 Å². The fourth-order valence-corrected chi connectivity index (χ4v) is 2.95. The average molecular weight is 325 g/mol. The fraction of sp³-hybridized carbons (Fsp3) is 0.571. The zero-order valence-corrected chi connectivity index (χ0v) is 13.3. The largest absolute Gasteiger partial charge is 0.344 e. The normalized spacial score (nSPS) is 18.7. The van der Waals surface area contributed by atoms with Gasteiger partial charge in [-0.05, 0) is 31.4 Å². The number of aryl methyl sites for hydroxylation is 2. The van der Waals surface area contributed by atoms with E-state index in [1.807, 2.05) is 4.90 Å². The van der Waals surface area contributed by atoms with Crippen LogP contribution in [0.1, 0.15) is 41.7 Å². The van der Waals surface area contributed by atoms with Crippen LogP contribution in [-0.2, 0) is 11.2 Å². The summed E-state index contributed by atoms with van der Waals surface area (Å²) >= 11 is 5.92. The van der Waals surface area contributed by atoms with Crippen molar-refractivity contribution in [3.63, 3.8) is 0 Å². The van der Waals surface area contributed by atoms with E-state index < -0.39 is 0 Å². The van der Waals surface area contributed by atoms with Crippen LogP contribution < -0.4 is 0 Å². The summed E-state index contributed by atoms with van der Waals surface area (Å²) in [6.07, 6.45) is 2.07. The van der Waals surface area contributed by atoms with Crippen molar-refractivity contribution in [2.75, 3.05) is 13.1 Å². The number of aromatic nitrogens is 3. The Morgan fingerprint density at radius 1 is 1.36 bits per heavy atom. The third kappa shape index (κ3) is 2.99. The van der Waals surface area contributed by atoms with Crippen LogP contribution in [0.15, 0.2) is 9.05 Å². The summed E-state index contributed by atoms with van der Waals surface area (Å²) in [4.78, 5) is 18.6. The topological polar surface area (TPSA) is 85.3 Å². The molecule has 1 saturated heterocycles. The average Bonchev–Trinajstić information content (AvgIpc) is 3.08. The highest BCUT2D eigenvalue weighted by molar-refractivity contribution is 6.29. The summed E-state index contributed by atoms with van der Waals surface area (Å²) in [6.45, 7) is 4.87. The third-order valence-electron chi connectivity index (χ3n) is 3.95. The molecule has 118 valence electrons. The first kappa shape index (κ1) is 15.0. The second-order valence-electron chi connectivity index (χ2n) is 5.55. The molecule has 8 heteroatoms. The molecule has 1 amide bonds. The van der Waals surface area contributed by atoms with E-state index in [-0.39, 0.29) is 23.5 Å². The van der Waals surface area contributed by atoms with Crippen molar-refractivity contribution in [2.45, 2.75) is 39.0 Å². The molecule has 2 aromatic heterocycles. The zero-order chi connectivity index (χ0) is 15.7. The maximum atomic E-state index is 12.5. The van der Waals surface area contributed by atoms with Crippen LogP contribution in [0.25, 0.3) is 0 Å². The minimum Gasteiger partial charge on any atom is -0.344 e. The van der Waals surface area contributed by atoms with Gasteiger partial charge < -0.3 is 13.9 Å². The lowest BCUT2D eigenvalue weighted by molar-refractivity contribution is -0.131. The molecular weight excluding hydrogens is 308 g/mol. The van der Waals surface area contributed by atoms with Crippen molar-refractivity contribution >= 4 is 17.5 Å². The maximum absolute atomic E-state index is 12.5. The number of piperidine rings is 1. The van der Waals surface area contributed by atoms with Crippen molar-refractivity contribution in [3.05, 3.63) is 28.2 Å². The van der Waals surface area contributed by atoms with E-state index in [0.29, 0.717) is 29.5 Å². The first-order chi connectivity index (χ1) is 10.5. The summed E-state index contributed by atoms with van der Waals surface area (Å²) in [5.41, 5.74) is 1.31. The Kier molecular flexibility index (Phi) is 4.15. The number of amides is 1. The molecular formula is C14H17ClN4O3. The highest BCUT2D eigenvalue weighted by atomic mass is 35.5. The van der Waals surface area contributed by atoms with E-state index in [1.165, 1.54) is 0 Å². The SMILES string of the molecule is Cc1nc([C@@H]2CCCN(C(=O)Cc3c(C)noc3Cl)C2)no1. The molecule has 7 nitrogen and oxygen atoms in total. The Labute approximate surface area is 132 Å². The van der Waals surface area contributed by atoms with Crippen molar-refractivity contribution in [1.29, 1.82) is 0 Å². The molecule has 1 atom stereocenters. The van der Waals surface area contributed by atoms with Gasteiger partial charge >= 0.3 is 0 Å². The third-order valence-corrected chi connectivity index (χ3v) is 4.24. The van der Waals surface area contributed by atoms with Gasteiger partial charge in [-0.15, -0.1) is 0 Å². The Morgan fingerprint density at radius 2 is 2.18 bits per heavy atom. The molecule has 0 unspecified atom stereocenters. The van der Waals surface area contributed by atoms with E-state index >= 15 is 0 Å². The number of hydrogen-bond donors (Lipinski definition) is 0. The van der Waals surface area contributed by atoms with E-state index in [2.05, 4.69) is 15.3 Å². The summed E-state index contributed by atoms with van der Waals surface area (Å²) in [5.74, 6) is 1.35. The van der Waals surface area contributed by atoms with E-state index in [0.717, 1.165) is 19.4 Å². The molecule has 0 aromatic carbocycles. The maximum Gasteiger partial charge on any atom is 0.229 e. The smallest absolute Gasteiger partial charge is 0.229 e. The van der Waals surface area contributed by atoms with Crippen LogP contribution in [0.3, 0.4) is 0 Å². The number of nitrogens with zero attached hydrogens (tertiary/aromatic N) is 4. The molecule has 3 heterocycles. The fourth-order valence-electron chi connectivity index (χ4n) is 2.72. The van der Waals surface area contributed by atoms with Gasteiger partial charge in [0.2, 0.25) is 17.0 Å². The molecule has 3 rings (SSSR count). The molecule has 0 spiro atoms. The van der Waals surface area contributed by atoms with Gasteiger partial charge in [0.05, 0.1) is 12.1 Å². The van der Waals surface area contributed by atoms with Crippen LogP contribution in [0.2, 0.25) is 5.22 Å². The van der Waals surface area contributed by atoms with Crippen molar-refractivity contribution < 1.29 is 13.8 Å². The summed E-state index contributed by atoms with van der Waals surface area (Å²) in [5, 5.41) is 7.92. The second kappa shape index (κ2) is 6.08. The lowest BCUT2D eigenvalue weighted by Crippen LogP contribution is -2.40. The molecule has 1 fully saturated rings. The predicted octanol–water partition coefficient (Wildman–Crippen LogP) is 2.28. The molecule has 22 heavy (non-hydrogen) atoms. The number of hydrogen-bond acceptors (Lipinski definition) is 6. The first-order valence-corrected chi connectivity index (χ1v) is 7.61. The Bertz CT molecular complexity index is 662. The van der Waals surface area contributed by atoms with Gasteiger partial charge in [-0.25, -0.2) is 0 Å². The molecule has 2 aromatic rings. The van der Waals surface area contributed by atoms with Crippen LogP contribution >= 0.6 is 11.6 Å². The van der Waals surface area contributed by atoms with Gasteiger partial charge in [0.15, 0.2) is 5.82 Å². The minimum absolute atomic E-state index is 0.0121. The van der Waals surface area contributed by atoms with E-state index in [1.54, 1.807) is 13.8 Å². The molecule has 0 N–H and O–H groups in total. The van der Waals surface area contributed by atoms with Gasteiger partial charge in [-0.2, -0.15) is 4.98 Å². The zero-order valence-electron chi connectivity index (χ0n) is 12.5. The Balaban J connectivity index is 1.68. The lowest BCUT2D eigenvalue weighted by Gasteiger charge is -2.31. The molecule has 0 radical (unpaired) electrons. The van der Waals surface area contributed by atoms with Gasteiger partial charge in [-0.3, -0.25) is 4.79 Å². The standard InChI is InChI=1S/C14H17ClN4O3/c1-8-11(13(15)22-17-8)6-12(20)19-5-3-4-10(7-19)14-16-9(2)21-18-14/h10H,3-7H2,1-2H3/t10-/m1/s1. The van der Waals surface area contributed by atoms with Crippen molar-refractivity contribution in [3.8, 4) is 0 Å². The minimum atomic E-state index is 0.0121. The van der Waals surface area contributed by atoms with Crippen molar-refractivity contribution in [2.24, 2.45) is 0 Å². The van der Waals surface area contributed by atoms with Gasteiger partial charge in [0.1, 0.15) is 0 Å². The molecule has 0 bridgehead atoms. The molecule has 0 saturated carbocycles. The number of likely N-dealkylation sites (tertiary alicyclic amines) is 1. The monoisotopic (exact) mass is 324 g/mol. The summed E-state index contributed by atoms with van der Waals surface area (Å²) < 4.78 is 9.92. The Morgan fingerprint density at radius 3 is 2.82 bits per heavy atom. The number of carbonyl (C=O) groups excluding carboxylic acids is 1. The van der Waals surface area contributed by atoms with Gasteiger partial charge in [0.25, 0.3) is 0 Å². The molecule has 1 aliphatic rings. The lowest BCUT2D eigenvalue weighted by atomic mass is 9.97. The highest BCUT2D eigenvalue weighted by Crippen LogP contribution is 2.26. The van der Waals surface area contributed by atoms with Crippen LogP contribution in [0.4, 0.5) is 0 Å². The number of halogens is 1. The summed E-state index contributed by atoms with van der Waals surface area (Å²) in [7, 11) is 0. The van der Waals surface area contributed by atoms with Crippen LogP contribution in [0, 0.1) is 13.8 Å². The van der Waals surface area contributed by atoms with E-state index in [4.69, 9.17) is 20.6 Å². The van der Waals surface area contributed by atoms with Crippen molar-refractivity contribution in [1.82, 2.24) is 20.2 Å². The van der Waals surface area contributed by atoms with Crippen LogP contribution in [0.5, 0.6) is 0 Å². The highest BCUT2D eigenvalue weighted by Gasteiger charge is 2.28. The second-order valence-corrected chi connectivity index (χ2v) is 5.89. The van der Waals surface area contributed by atoms with Gasteiger partial charge in [0, 0.05) is 31.5 Å². The molecule has 1 aliphatic heterocycles. The Hall–Kier alpha value is -1.89. The van der Waals surface area contributed by atoms with E-state index in [9.17, 15) is 4.79 Å². The predicted molar refractivity (Wildman–Crippen MR) is 77.5 cm³/mol. The molecule has 0 aliphatic carbocycles. The number of carbonyl (C=O) groups is 1. The first-order valence-electron chi connectivity index (χ1n) is 7.23.